The Kier molecular flexibility index (Phi) is 4.14. The van der Waals surface area contributed by atoms with Gasteiger partial charge in [-0.3, -0.25) is 19.1 Å². The summed E-state index contributed by atoms with van der Waals surface area (Å²) in [5.74, 6) is 0.833. The molecule has 5 aromatic heterocycles. The molecule has 39 heavy (non-hydrogen) atoms. The number of hydrogen-bond acceptors (Lipinski definition) is 4. The molecule has 6 heteroatoms. The average Bonchev–Trinajstić information content (AvgIpc) is 3.67. The number of benzene rings is 4. The Morgan fingerprint density at radius 2 is 1.23 bits per heavy atom. The molecule has 9 rings (SSSR count). The Hall–Kier alpha value is -5.07. The van der Waals surface area contributed by atoms with E-state index in [0.717, 1.165) is 65.6 Å². The number of fused-ring (bicyclic) bond motifs is 10. The Bertz CT molecular complexity index is 2400. The highest BCUT2D eigenvalue weighted by atomic mass is 32.1. The van der Waals surface area contributed by atoms with Crippen molar-refractivity contribution in [3.05, 3.63) is 116 Å². The SMILES string of the molecule is c1ccc(-n2c(-n3c4ccccc4c4cnc5c(ncc6c7ccccc7sc65)c43)nc3ccccc32)cc1. The average molecular weight is 518 g/mol. The molecule has 0 saturated heterocycles. The molecule has 0 N–H and O–H groups in total. The van der Waals surface area contributed by atoms with E-state index in [9.17, 15) is 0 Å². The zero-order valence-electron chi connectivity index (χ0n) is 20.6. The topological polar surface area (TPSA) is 48.5 Å². The maximum atomic E-state index is 5.22. The molecule has 0 aliphatic rings. The van der Waals surface area contributed by atoms with E-state index in [4.69, 9.17) is 15.0 Å². The molecule has 0 saturated carbocycles. The van der Waals surface area contributed by atoms with E-state index in [1.807, 2.05) is 24.5 Å². The molecule has 0 amide bonds. The van der Waals surface area contributed by atoms with Gasteiger partial charge in [0.2, 0.25) is 5.95 Å². The molecular formula is C33H19N5S. The van der Waals surface area contributed by atoms with Crippen LogP contribution in [0.25, 0.3) is 75.7 Å². The molecule has 5 heterocycles. The van der Waals surface area contributed by atoms with Gasteiger partial charge in [-0.2, -0.15) is 0 Å². The Morgan fingerprint density at radius 1 is 0.538 bits per heavy atom. The molecule has 5 nitrogen and oxygen atoms in total. The summed E-state index contributed by atoms with van der Waals surface area (Å²) in [6, 6.07) is 35.7. The van der Waals surface area contributed by atoms with Crippen molar-refractivity contribution in [1.82, 2.24) is 24.1 Å². The number of pyridine rings is 2. The van der Waals surface area contributed by atoms with Crippen LogP contribution in [0.15, 0.2) is 116 Å². The maximum Gasteiger partial charge on any atom is 0.220 e. The fraction of sp³-hybridized carbons (Fsp3) is 0. The number of aromatic nitrogens is 5. The second kappa shape index (κ2) is 7.72. The van der Waals surface area contributed by atoms with E-state index in [1.54, 1.807) is 11.3 Å². The van der Waals surface area contributed by atoms with Crippen LogP contribution >= 0.6 is 11.3 Å². The van der Waals surface area contributed by atoms with Crippen LogP contribution in [0.2, 0.25) is 0 Å². The lowest BCUT2D eigenvalue weighted by Crippen LogP contribution is -2.06. The van der Waals surface area contributed by atoms with Gasteiger partial charge in [0.15, 0.2) is 0 Å². The van der Waals surface area contributed by atoms with Crippen LogP contribution in [0.5, 0.6) is 0 Å². The van der Waals surface area contributed by atoms with Gasteiger partial charge in [0.25, 0.3) is 0 Å². The van der Waals surface area contributed by atoms with E-state index >= 15 is 0 Å². The summed E-state index contributed by atoms with van der Waals surface area (Å²) in [5.41, 5.74) is 6.97. The first-order chi connectivity index (χ1) is 19.4. The summed E-state index contributed by atoms with van der Waals surface area (Å²) in [5, 5.41) is 4.57. The molecule has 0 fully saturated rings. The molecule has 182 valence electrons. The van der Waals surface area contributed by atoms with Crippen molar-refractivity contribution in [2.45, 2.75) is 0 Å². The monoisotopic (exact) mass is 517 g/mol. The highest BCUT2D eigenvalue weighted by Gasteiger charge is 2.23. The van der Waals surface area contributed by atoms with Crippen LogP contribution in [-0.2, 0) is 0 Å². The van der Waals surface area contributed by atoms with Crippen molar-refractivity contribution in [2.75, 3.05) is 0 Å². The van der Waals surface area contributed by atoms with E-state index in [1.165, 1.54) is 10.1 Å². The minimum Gasteiger partial charge on any atom is -0.278 e. The van der Waals surface area contributed by atoms with Gasteiger partial charge in [0, 0.05) is 44.3 Å². The van der Waals surface area contributed by atoms with Crippen LogP contribution in [0.4, 0.5) is 0 Å². The highest BCUT2D eigenvalue weighted by Crippen LogP contribution is 2.41. The first kappa shape index (κ1) is 20.9. The van der Waals surface area contributed by atoms with Crippen LogP contribution < -0.4 is 0 Å². The van der Waals surface area contributed by atoms with E-state index < -0.39 is 0 Å². The molecule has 0 spiro atoms. The highest BCUT2D eigenvalue weighted by molar-refractivity contribution is 7.26. The van der Waals surface area contributed by atoms with Crippen molar-refractivity contribution in [3.8, 4) is 11.6 Å². The summed E-state index contributed by atoms with van der Waals surface area (Å²) in [6.45, 7) is 0. The quantitative estimate of drug-likeness (QED) is 0.231. The van der Waals surface area contributed by atoms with Crippen molar-refractivity contribution in [1.29, 1.82) is 0 Å². The molecule has 0 radical (unpaired) electrons. The predicted molar refractivity (Wildman–Crippen MR) is 161 cm³/mol. The third kappa shape index (κ3) is 2.81. The summed E-state index contributed by atoms with van der Waals surface area (Å²) < 4.78 is 6.92. The van der Waals surface area contributed by atoms with Gasteiger partial charge in [-0.15, -0.1) is 11.3 Å². The lowest BCUT2D eigenvalue weighted by molar-refractivity contribution is 0.956. The molecule has 0 aliphatic carbocycles. The van der Waals surface area contributed by atoms with Crippen LogP contribution in [0.1, 0.15) is 0 Å². The van der Waals surface area contributed by atoms with Gasteiger partial charge in [0.05, 0.1) is 26.8 Å². The Balaban J connectivity index is 1.50. The minimum absolute atomic E-state index is 0.833. The molecule has 0 atom stereocenters. The normalized spacial score (nSPS) is 12.1. The number of imidazole rings is 1. The second-order valence-electron chi connectivity index (χ2n) is 9.74. The maximum absolute atomic E-state index is 5.22. The number of nitrogens with zero attached hydrogens (tertiary/aromatic N) is 5. The standard InChI is InChI=1S/C33H19N5S/c1-2-10-20(11-3-1)37-27-16-8-6-14-25(27)36-33(37)38-26-15-7-4-12-21(26)23-18-35-30-29(31(23)38)34-19-24-22-13-5-9-17-28(22)39-32(24)30/h1-19H. The summed E-state index contributed by atoms with van der Waals surface area (Å²) in [4.78, 5) is 15.3. The van der Waals surface area contributed by atoms with Crippen molar-refractivity contribution in [2.24, 2.45) is 0 Å². The first-order valence-electron chi connectivity index (χ1n) is 12.9. The zero-order chi connectivity index (χ0) is 25.5. The minimum atomic E-state index is 0.833. The van der Waals surface area contributed by atoms with Crippen LogP contribution in [0, 0.1) is 0 Å². The van der Waals surface area contributed by atoms with Gasteiger partial charge < -0.3 is 0 Å². The van der Waals surface area contributed by atoms with Gasteiger partial charge in [-0.1, -0.05) is 66.7 Å². The zero-order valence-corrected chi connectivity index (χ0v) is 21.4. The number of thiophene rings is 1. The molecule has 9 aromatic rings. The van der Waals surface area contributed by atoms with Crippen molar-refractivity contribution >= 4 is 75.4 Å². The number of hydrogen-bond donors (Lipinski definition) is 0. The second-order valence-corrected chi connectivity index (χ2v) is 10.8. The molecule has 4 aromatic carbocycles. The lowest BCUT2D eigenvalue weighted by atomic mass is 10.1. The van der Waals surface area contributed by atoms with Gasteiger partial charge in [-0.05, 0) is 36.4 Å². The molecule has 0 unspecified atom stereocenters. The first-order valence-corrected chi connectivity index (χ1v) is 13.7. The van der Waals surface area contributed by atoms with Gasteiger partial charge in [0.1, 0.15) is 11.0 Å². The smallest absolute Gasteiger partial charge is 0.220 e. The number of rotatable bonds is 2. The van der Waals surface area contributed by atoms with Crippen molar-refractivity contribution in [3.63, 3.8) is 0 Å². The van der Waals surface area contributed by atoms with Gasteiger partial charge >= 0.3 is 0 Å². The molecular weight excluding hydrogens is 498 g/mol. The van der Waals surface area contributed by atoms with Crippen molar-refractivity contribution < 1.29 is 0 Å². The van der Waals surface area contributed by atoms with Crippen LogP contribution in [-0.4, -0.2) is 24.1 Å². The largest absolute Gasteiger partial charge is 0.278 e. The molecule has 0 bridgehead atoms. The van der Waals surface area contributed by atoms with Gasteiger partial charge in [-0.25, -0.2) is 4.98 Å². The third-order valence-corrected chi connectivity index (χ3v) is 8.81. The summed E-state index contributed by atoms with van der Waals surface area (Å²) >= 11 is 1.78. The van der Waals surface area contributed by atoms with E-state index in [-0.39, 0.29) is 0 Å². The lowest BCUT2D eigenvalue weighted by Gasteiger charge is -2.13. The summed E-state index contributed by atoms with van der Waals surface area (Å²) in [7, 11) is 0. The third-order valence-electron chi connectivity index (χ3n) is 7.61. The van der Waals surface area contributed by atoms with E-state index in [2.05, 4.69) is 100 Å². The predicted octanol–water partition coefficient (Wildman–Crippen LogP) is 8.43. The Morgan fingerprint density at radius 3 is 2.13 bits per heavy atom. The van der Waals surface area contributed by atoms with E-state index in [0.29, 0.717) is 0 Å². The van der Waals surface area contributed by atoms with Crippen LogP contribution in [0.3, 0.4) is 0 Å². The molecule has 0 aliphatic heterocycles. The Labute approximate surface area is 226 Å². The fourth-order valence-electron chi connectivity index (χ4n) is 5.92. The number of para-hydroxylation sites is 4. The fourth-order valence-corrected chi connectivity index (χ4v) is 7.09. The summed E-state index contributed by atoms with van der Waals surface area (Å²) in [6.07, 6.45) is 4.03.